The molecule has 34 heavy (non-hydrogen) atoms. The van der Waals surface area contributed by atoms with E-state index in [0.717, 1.165) is 24.0 Å². The molecule has 1 aliphatic heterocycles. The minimum Gasteiger partial charge on any atom is -0.394 e. The van der Waals surface area contributed by atoms with Crippen LogP contribution in [0.4, 0.5) is 0 Å². The molecule has 1 heterocycles. The van der Waals surface area contributed by atoms with Crippen LogP contribution in [-0.2, 0) is 10.3 Å². The van der Waals surface area contributed by atoms with Crippen molar-refractivity contribution in [3.8, 4) is 0 Å². The van der Waals surface area contributed by atoms with Crippen LogP contribution in [0.5, 0.6) is 0 Å². The maximum atomic E-state index is 13.5. The van der Waals surface area contributed by atoms with Crippen molar-refractivity contribution in [2.24, 2.45) is 11.7 Å². The average molecular weight is 508 g/mol. The molecule has 0 spiro atoms. The Bertz CT molecular complexity index is 955. The van der Waals surface area contributed by atoms with Gasteiger partial charge in [-0.25, -0.2) is 0 Å². The second-order valence-electron chi connectivity index (χ2n) is 9.09. The Morgan fingerprint density at radius 3 is 2.41 bits per heavy atom. The molecule has 186 valence electrons. The van der Waals surface area contributed by atoms with Gasteiger partial charge in [0, 0.05) is 28.5 Å². The van der Waals surface area contributed by atoms with Crippen LogP contribution in [0.25, 0.3) is 0 Å². The van der Waals surface area contributed by atoms with Gasteiger partial charge in [0.1, 0.15) is 0 Å². The largest absolute Gasteiger partial charge is 0.394 e. The topological polar surface area (TPSA) is 108 Å². The van der Waals surface area contributed by atoms with Crippen LogP contribution in [0, 0.1) is 5.92 Å². The fraction of sp³-hybridized carbons (Fsp3) is 0.500. The molecule has 0 unspecified atom stereocenters. The number of carbonyl (C=O) groups is 1. The van der Waals surface area contributed by atoms with Crippen molar-refractivity contribution in [1.82, 2.24) is 10.6 Å². The van der Waals surface area contributed by atoms with Crippen LogP contribution in [0.3, 0.4) is 0 Å². The van der Waals surface area contributed by atoms with E-state index in [1.165, 1.54) is 0 Å². The van der Waals surface area contributed by atoms with E-state index in [0.29, 0.717) is 10.0 Å². The van der Waals surface area contributed by atoms with Crippen LogP contribution in [0.15, 0.2) is 48.5 Å². The minimum absolute atomic E-state index is 0.175. The highest BCUT2D eigenvalue weighted by Gasteiger charge is 2.57. The summed E-state index contributed by atoms with van der Waals surface area (Å²) in [5.41, 5.74) is 8.25. The summed E-state index contributed by atoms with van der Waals surface area (Å²) in [6.45, 7) is 4.17. The number of carbonyl (C=O) groups excluding carboxylic acids is 1. The van der Waals surface area contributed by atoms with Crippen LogP contribution >= 0.6 is 23.2 Å². The van der Waals surface area contributed by atoms with Gasteiger partial charge in [-0.05, 0) is 47.7 Å². The molecule has 1 fully saturated rings. The number of aliphatic hydroxyl groups excluding tert-OH is 2. The highest BCUT2D eigenvalue weighted by Crippen LogP contribution is 2.48. The van der Waals surface area contributed by atoms with Crippen molar-refractivity contribution in [2.75, 3.05) is 13.2 Å². The molecule has 0 saturated carbocycles. The van der Waals surface area contributed by atoms with Crippen molar-refractivity contribution in [3.05, 3.63) is 69.7 Å². The molecule has 0 aromatic heterocycles. The highest BCUT2D eigenvalue weighted by atomic mass is 35.5. The summed E-state index contributed by atoms with van der Waals surface area (Å²) >= 11 is 12.6. The molecule has 0 aliphatic carbocycles. The number of hydrogen-bond acceptors (Lipinski definition) is 5. The minimum atomic E-state index is -0.904. The molecule has 6 nitrogen and oxygen atoms in total. The van der Waals surface area contributed by atoms with Gasteiger partial charge in [0.25, 0.3) is 0 Å². The standard InChI is InChI=1S/C26H35Cl2N3O3/c1-3-16(4-2)24-26(29,18-8-10-19(27)11-9-18)22(17-6-5-7-20(28)14-17)23(31-24)25(34)30-13-12-21(33)15-32/h5-11,14,16,21-24,31-33H,3-4,12-13,15,29H2,1-2H3,(H,30,34)/t21-,22-,23+,24-,26-/m0/s1. The Morgan fingerprint density at radius 2 is 1.82 bits per heavy atom. The molecule has 2 aromatic carbocycles. The zero-order valence-electron chi connectivity index (χ0n) is 19.7. The quantitative estimate of drug-likeness (QED) is 0.337. The lowest BCUT2D eigenvalue weighted by Gasteiger charge is -2.40. The number of halogens is 2. The molecule has 2 aromatic rings. The van der Waals surface area contributed by atoms with Gasteiger partial charge in [0.2, 0.25) is 5.91 Å². The van der Waals surface area contributed by atoms with Gasteiger partial charge in [-0.15, -0.1) is 0 Å². The molecule has 3 rings (SSSR count). The van der Waals surface area contributed by atoms with Crippen LogP contribution in [0.1, 0.15) is 50.2 Å². The molecule has 6 N–H and O–H groups in total. The van der Waals surface area contributed by atoms with E-state index < -0.39 is 23.6 Å². The third kappa shape index (κ3) is 5.59. The Morgan fingerprint density at radius 1 is 1.15 bits per heavy atom. The van der Waals surface area contributed by atoms with Gasteiger partial charge in [0.15, 0.2) is 0 Å². The second kappa shape index (κ2) is 11.8. The van der Waals surface area contributed by atoms with E-state index in [2.05, 4.69) is 24.5 Å². The Kier molecular flexibility index (Phi) is 9.38. The average Bonchev–Trinajstić information content (AvgIpc) is 3.14. The van der Waals surface area contributed by atoms with E-state index in [4.69, 9.17) is 34.0 Å². The molecule has 5 atom stereocenters. The van der Waals surface area contributed by atoms with Gasteiger partial charge < -0.3 is 21.3 Å². The van der Waals surface area contributed by atoms with Crippen molar-refractivity contribution < 1.29 is 15.0 Å². The fourth-order valence-electron chi connectivity index (χ4n) is 5.24. The monoisotopic (exact) mass is 507 g/mol. The lowest BCUT2D eigenvalue weighted by atomic mass is 9.68. The first kappa shape index (κ1) is 26.9. The molecule has 0 radical (unpaired) electrons. The van der Waals surface area contributed by atoms with Gasteiger partial charge in [-0.1, -0.05) is 74.2 Å². The van der Waals surface area contributed by atoms with Gasteiger partial charge >= 0.3 is 0 Å². The summed E-state index contributed by atoms with van der Waals surface area (Å²) in [6.07, 6.45) is 1.19. The summed E-state index contributed by atoms with van der Waals surface area (Å²) in [5.74, 6) is -0.371. The number of hydrogen-bond donors (Lipinski definition) is 5. The molecule has 8 heteroatoms. The van der Waals surface area contributed by atoms with E-state index in [-0.39, 0.29) is 37.4 Å². The van der Waals surface area contributed by atoms with Crippen molar-refractivity contribution in [3.63, 3.8) is 0 Å². The maximum Gasteiger partial charge on any atom is 0.237 e. The first-order chi connectivity index (χ1) is 16.3. The molecule has 1 aliphatic rings. The normalized spacial score (nSPS) is 25.5. The van der Waals surface area contributed by atoms with E-state index >= 15 is 0 Å². The Balaban J connectivity index is 2.09. The zero-order valence-corrected chi connectivity index (χ0v) is 21.2. The fourth-order valence-corrected chi connectivity index (χ4v) is 5.56. The number of amides is 1. The smallest absolute Gasteiger partial charge is 0.237 e. The molecule has 1 amide bonds. The molecule has 0 bridgehead atoms. The third-order valence-corrected chi connectivity index (χ3v) is 7.55. The van der Waals surface area contributed by atoms with Crippen LogP contribution in [0.2, 0.25) is 10.0 Å². The number of rotatable bonds is 10. The Hall–Kier alpha value is -1.67. The lowest BCUT2D eigenvalue weighted by Crippen LogP contribution is -2.53. The van der Waals surface area contributed by atoms with Gasteiger partial charge in [-0.3, -0.25) is 10.1 Å². The second-order valence-corrected chi connectivity index (χ2v) is 9.96. The Labute approximate surface area is 211 Å². The third-order valence-electron chi connectivity index (χ3n) is 7.06. The molecular weight excluding hydrogens is 473 g/mol. The van der Waals surface area contributed by atoms with Gasteiger partial charge in [-0.2, -0.15) is 0 Å². The number of aliphatic hydroxyl groups is 2. The first-order valence-corrected chi connectivity index (χ1v) is 12.6. The van der Waals surface area contributed by atoms with Gasteiger partial charge in [0.05, 0.1) is 24.3 Å². The van der Waals surface area contributed by atoms with Crippen molar-refractivity contribution in [2.45, 2.75) is 62.8 Å². The summed E-state index contributed by atoms with van der Waals surface area (Å²) in [4.78, 5) is 13.5. The number of nitrogens with one attached hydrogen (secondary N) is 2. The van der Waals surface area contributed by atoms with Crippen LogP contribution in [-0.4, -0.2) is 47.5 Å². The maximum absolute atomic E-state index is 13.5. The van der Waals surface area contributed by atoms with E-state index in [1.54, 1.807) is 6.07 Å². The number of nitrogens with two attached hydrogens (primary N) is 1. The summed E-state index contributed by atoms with van der Waals surface area (Å²) < 4.78 is 0. The van der Waals surface area contributed by atoms with Crippen molar-refractivity contribution >= 4 is 29.1 Å². The SMILES string of the molecule is CCC(CC)[C@@H]1N[C@@H](C(=O)NCC[C@H](O)CO)[C@H](c2cccc(Cl)c2)[C@@]1(N)c1ccc(Cl)cc1. The highest BCUT2D eigenvalue weighted by molar-refractivity contribution is 6.30. The zero-order chi connectivity index (χ0) is 24.9. The predicted molar refractivity (Wildman–Crippen MR) is 137 cm³/mol. The summed E-state index contributed by atoms with van der Waals surface area (Å²) in [6, 6.07) is 14.3. The van der Waals surface area contributed by atoms with E-state index in [1.807, 2.05) is 42.5 Å². The molecular formula is C26H35Cl2N3O3. The summed E-state index contributed by atoms with van der Waals surface area (Å²) in [7, 11) is 0. The summed E-state index contributed by atoms with van der Waals surface area (Å²) in [5, 5.41) is 26.4. The molecule has 1 saturated heterocycles. The van der Waals surface area contributed by atoms with Crippen LogP contribution < -0.4 is 16.4 Å². The van der Waals surface area contributed by atoms with E-state index in [9.17, 15) is 9.90 Å². The number of benzene rings is 2. The van der Waals surface area contributed by atoms with Crippen molar-refractivity contribution in [1.29, 1.82) is 0 Å². The first-order valence-electron chi connectivity index (χ1n) is 11.9. The predicted octanol–water partition coefficient (Wildman–Crippen LogP) is 3.57. The lowest BCUT2D eigenvalue weighted by molar-refractivity contribution is -0.123.